The SMILES string of the molecule is CC.CC.CC.CC.CC(C)(C)C1CCOC1.CC(C)(C)C1CCOC1.CC(C)(C)C1CCOC1.CC(C)(C)C1CCOCC1. The lowest BCUT2D eigenvalue weighted by Gasteiger charge is -2.33. The fourth-order valence-electron chi connectivity index (χ4n) is 5.22. The molecule has 0 radical (unpaired) electrons. The minimum absolute atomic E-state index is 0.455. The van der Waals surface area contributed by atoms with Crippen molar-refractivity contribution >= 4 is 0 Å². The molecule has 4 heteroatoms. The highest BCUT2D eigenvalue weighted by atomic mass is 16.5. The molecule has 0 spiro atoms. The van der Waals surface area contributed by atoms with Gasteiger partial charge in [-0.2, -0.15) is 0 Å². The Hall–Kier alpha value is -0.160. The molecule has 4 rings (SSSR count). The Labute approximate surface area is 287 Å². The Morgan fingerprint density at radius 3 is 0.578 bits per heavy atom. The monoisotopic (exact) mass is 647 g/mol. The maximum absolute atomic E-state index is 5.29. The summed E-state index contributed by atoms with van der Waals surface area (Å²) in [6.07, 6.45) is 6.27. The molecule has 3 atom stereocenters. The molecule has 4 fully saturated rings. The number of rotatable bonds is 0. The van der Waals surface area contributed by atoms with Gasteiger partial charge in [-0.15, -0.1) is 0 Å². The average molecular weight is 647 g/mol. The van der Waals surface area contributed by atoms with Crippen LogP contribution in [0.5, 0.6) is 0 Å². The molecule has 3 unspecified atom stereocenters. The molecule has 278 valence electrons. The van der Waals surface area contributed by atoms with Gasteiger partial charge in [0.2, 0.25) is 0 Å². The minimum atomic E-state index is 0.455. The number of ether oxygens (including phenoxy) is 4. The highest BCUT2D eigenvalue weighted by Gasteiger charge is 2.29. The lowest BCUT2D eigenvalue weighted by Crippen LogP contribution is -2.27. The second kappa shape index (κ2) is 28.8. The van der Waals surface area contributed by atoms with E-state index in [1.165, 1.54) is 32.1 Å². The molecule has 4 aliphatic heterocycles. The van der Waals surface area contributed by atoms with Crippen LogP contribution in [-0.4, -0.2) is 52.9 Å². The van der Waals surface area contributed by atoms with Gasteiger partial charge < -0.3 is 18.9 Å². The van der Waals surface area contributed by atoms with E-state index in [1.54, 1.807) is 0 Å². The molecule has 0 aromatic carbocycles. The van der Waals surface area contributed by atoms with Gasteiger partial charge in [0.05, 0.1) is 0 Å². The third-order valence-corrected chi connectivity index (χ3v) is 8.91. The summed E-state index contributed by atoms with van der Waals surface area (Å²) in [6.45, 7) is 51.3. The van der Waals surface area contributed by atoms with E-state index in [0.29, 0.717) is 21.7 Å². The normalized spacial score (nSPS) is 23.1. The molecule has 0 saturated carbocycles. The number of hydrogen-bond acceptors (Lipinski definition) is 4. The van der Waals surface area contributed by atoms with Crippen molar-refractivity contribution in [3.8, 4) is 0 Å². The third-order valence-electron chi connectivity index (χ3n) is 8.91. The smallest absolute Gasteiger partial charge is 0.0500 e. The van der Waals surface area contributed by atoms with E-state index < -0.39 is 0 Å². The fourth-order valence-corrected chi connectivity index (χ4v) is 5.22. The zero-order chi connectivity index (χ0) is 36.3. The van der Waals surface area contributed by atoms with Crippen LogP contribution in [0.1, 0.15) is 171 Å². The van der Waals surface area contributed by atoms with E-state index in [-0.39, 0.29) is 0 Å². The highest BCUT2D eigenvalue weighted by molar-refractivity contribution is 4.78. The Morgan fingerprint density at radius 1 is 0.289 bits per heavy atom. The summed E-state index contributed by atoms with van der Waals surface area (Å²) < 4.78 is 21.1. The molecular weight excluding hydrogens is 556 g/mol. The molecule has 4 saturated heterocycles. The van der Waals surface area contributed by atoms with Crippen LogP contribution >= 0.6 is 0 Å². The Balaban J connectivity index is -0.000000231. The predicted molar refractivity (Wildman–Crippen MR) is 204 cm³/mol. The third kappa shape index (κ3) is 27.5. The van der Waals surface area contributed by atoms with Gasteiger partial charge >= 0.3 is 0 Å². The van der Waals surface area contributed by atoms with Crippen LogP contribution < -0.4 is 0 Å². The fraction of sp³-hybridized carbons (Fsp3) is 1.00. The molecule has 45 heavy (non-hydrogen) atoms. The van der Waals surface area contributed by atoms with E-state index in [4.69, 9.17) is 18.9 Å². The Bertz CT molecular complexity index is 503. The minimum Gasteiger partial charge on any atom is -0.381 e. The largest absolute Gasteiger partial charge is 0.381 e. The lowest BCUT2D eigenvalue weighted by molar-refractivity contribution is 0.0286. The van der Waals surface area contributed by atoms with Crippen molar-refractivity contribution < 1.29 is 18.9 Å². The van der Waals surface area contributed by atoms with Crippen molar-refractivity contribution in [1.29, 1.82) is 0 Å². The molecule has 4 heterocycles. The Morgan fingerprint density at radius 2 is 0.467 bits per heavy atom. The summed E-state index contributed by atoms with van der Waals surface area (Å²) in [4.78, 5) is 0. The summed E-state index contributed by atoms with van der Waals surface area (Å²) >= 11 is 0. The summed E-state index contributed by atoms with van der Waals surface area (Å²) in [5.74, 6) is 3.24. The van der Waals surface area contributed by atoms with Crippen LogP contribution in [0, 0.1) is 45.3 Å². The van der Waals surface area contributed by atoms with Gasteiger partial charge in [-0.25, -0.2) is 0 Å². The zero-order valence-corrected chi connectivity index (χ0v) is 35.1. The van der Waals surface area contributed by atoms with E-state index in [1.807, 2.05) is 55.4 Å². The van der Waals surface area contributed by atoms with Gasteiger partial charge in [-0.1, -0.05) is 138 Å². The van der Waals surface area contributed by atoms with Gasteiger partial charge in [0.1, 0.15) is 0 Å². The van der Waals surface area contributed by atoms with Gasteiger partial charge in [0.25, 0.3) is 0 Å². The molecule has 4 nitrogen and oxygen atoms in total. The van der Waals surface area contributed by atoms with Gasteiger partial charge in [0, 0.05) is 52.9 Å². The van der Waals surface area contributed by atoms with Gasteiger partial charge in [-0.3, -0.25) is 0 Å². The van der Waals surface area contributed by atoms with Crippen LogP contribution in [0.2, 0.25) is 0 Å². The topological polar surface area (TPSA) is 36.9 Å². The zero-order valence-electron chi connectivity index (χ0n) is 35.1. The first-order valence-corrected chi connectivity index (χ1v) is 19.2. The van der Waals surface area contributed by atoms with Crippen molar-refractivity contribution in [3.05, 3.63) is 0 Å². The summed E-state index contributed by atoms with van der Waals surface area (Å²) in [7, 11) is 0. The molecule has 4 aliphatic rings. The van der Waals surface area contributed by atoms with E-state index in [2.05, 4.69) is 83.1 Å². The first-order chi connectivity index (χ1) is 20.9. The van der Waals surface area contributed by atoms with Crippen molar-refractivity contribution in [3.63, 3.8) is 0 Å². The molecular formula is C41H90O4. The first kappa shape index (κ1) is 51.7. The maximum Gasteiger partial charge on any atom is 0.0500 e. The van der Waals surface area contributed by atoms with Crippen molar-refractivity contribution in [2.45, 2.75) is 171 Å². The van der Waals surface area contributed by atoms with Crippen LogP contribution in [-0.2, 0) is 18.9 Å². The lowest BCUT2D eigenvalue weighted by atomic mass is 9.76. The van der Waals surface area contributed by atoms with E-state index in [9.17, 15) is 0 Å². The predicted octanol–water partition coefficient (Wildman–Crippen LogP) is 12.8. The second-order valence-corrected chi connectivity index (χ2v) is 16.0. The Kier molecular flexibility index (Phi) is 33.1. The molecule has 0 aromatic heterocycles. The van der Waals surface area contributed by atoms with E-state index in [0.717, 1.165) is 76.5 Å². The maximum atomic E-state index is 5.29. The molecule has 0 N–H and O–H groups in total. The van der Waals surface area contributed by atoms with Crippen LogP contribution in [0.15, 0.2) is 0 Å². The van der Waals surface area contributed by atoms with Gasteiger partial charge in [0.15, 0.2) is 0 Å². The van der Waals surface area contributed by atoms with Crippen LogP contribution in [0.3, 0.4) is 0 Å². The summed E-state index contributed by atoms with van der Waals surface area (Å²) in [6, 6.07) is 0. The quantitative estimate of drug-likeness (QED) is 0.262. The van der Waals surface area contributed by atoms with Crippen LogP contribution in [0.25, 0.3) is 0 Å². The van der Waals surface area contributed by atoms with Gasteiger partial charge in [-0.05, 0) is 77.4 Å². The standard InChI is InChI=1S/C9H18O.3C8H16O.4C2H6/c1-9(2,3)8-4-6-10-7-5-8;3*1-8(2,3)7-4-5-9-6-7;4*1-2/h8H,4-7H2,1-3H3;3*7H,4-6H2,1-3H3;4*1-2H3. The van der Waals surface area contributed by atoms with Crippen LogP contribution in [0.4, 0.5) is 0 Å². The summed E-state index contributed by atoms with van der Waals surface area (Å²) in [5, 5.41) is 0. The molecule has 0 amide bonds. The van der Waals surface area contributed by atoms with Crippen molar-refractivity contribution in [2.75, 3.05) is 52.9 Å². The van der Waals surface area contributed by atoms with E-state index >= 15 is 0 Å². The number of hydrogen-bond donors (Lipinski definition) is 0. The average Bonchev–Trinajstić information content (AvgIpc) is 3.82. The molecule has 0 bridgehead atoms. The molecule has 0 aliphatic carbocycles. The van der Waals surface area contributed by atoms with Crippen molar-refractivity contribution in [1.82, 2.24) is 0 Å². The molecule has 0 aromatic rings. The summed E-state index contributed by atoms with van der Waals surface area (Å²) in [5.41, 5.74) is 1.85. The second-order valence-electron chi connectivity index (χ2n) is 16.0. The van der Waals surface area contributed by atoms with Crippen molar-refractivity contribution in [2.24, 2.45) is 45.3 Å². The highest BCUT2D eigenvalue weighted by Crippen LogP contribution is 2.34. The first-order valence-electron chi connectivity index (χ1n) is 19.2.